The van der Waals surface area contributed by atoms with Crippen LogP contribution in [-0.2, 0) is 20.8 Å². The number of aromatic nitrogens is 3. The predicted octanol–water partition coefficient (Wildman–Crippen LogP) is -1.73. The van der Waals surface area contributed by atoms with Gasteiger partial charge in [-0.05, 0) is 12.1 Å². The predicted molar refractivity (Wildman–Crippen MR) is 75.4 cm³/mol. The van der Waals surface area contributed by atoms with Crippen molar-refractivity contribution in [2.24, 2.45) is 11.5 Å². The molecule has 2 rings (SSSR count). The lowest BCUT2D eigenvalue weighted by Crippen LogP contribution is -2.52. The van der Waals surface area contributed by atoms with Gasteiger partial charge in [0.2, 0.25) is 17.7 Å². The number of rotatable bonds is 6. The van der Waals surface area contributed by atoms with E-state index < -0.39 is 23.8 Å². The zero-order valence-electron chi connectivity index (χ0n) is 11.5. The quantitative estimate of drug-likeness (QED) is 0.542. The van der Waals surface area contributed by atoms with Crippen molar-refractivity contribution in [3.63, 3.8) is 0 Å². The summed E-state index contributed by atoms with van der Waals surface area (Å²) in [6.07, 6.45) is 1.25. The minimum Gasteiger partial charge on any atom is -0.367 e. The monoisotopic (exact) mass is 302 g/mol. The van der Waals surface area contributed by atoms with Crippen LogP contribution in [0.4, 0.5) is 0 Å². The highest BCUT2D eigenvalue weighted by atomic mass is 16.2. The molecule has 0 unspecified atom stereocenters. The van der Waals surface area contributed by atoms with Crippen molar-refractivity contribution in [2.75, 3.05) is 0 Å². The molecule has 9 nitrogen and oxygen atoms in total. The van der Waals surface area contributed by atoms with E-state index in [1.54, 1.807) is 12.1 Å². The fourth-order valence-corrected chi connectivity index (χ4v) is 1.72. The number of amides is 3. The van der Waals surface area contributed by atoms with Crippen molar-refractivity contribution >= 4 is 17.7 Å². The zero-order chi connectivity index (χ0) is 16.1. The second-order valence-corrected chi connectivity index (χ2v) is 4.44. The molecule has 0 saturated heterocycles. The van der Waals surface area contributed by atoms with Gasteiger partial charge in [0, 0.05) is 0 Å². The zero-order valence-corrected chi connectivity index (χ0v) is 11.5. The molecule has 1 aromatic carbocycles. The van der Waals surface area contributed by atoms with Crippen molar-refractivity contribution in [1.82, 2.24) is 20.3 Å². The van der Waals surface area contributed by atoms with E-state index in [4.69, 9.17) is 11.5 Å². The summed E-state index contributed by atoms with van der Waals surface area (Å²) < 4.78 is 0. The summed E-state index contributed by atoms with van der Waals surface area (Å²) in [4.78, 5) is 35.1. The molecule has 2 aromatic rings. The van der Waals surface area contributed by atoms with Gasteiger partial charge < -0.3 is 16.8 Å². The molecule has 0 aliphatic rings. The summed E-state index contributed by atoms with van der Waals surface area (Å²) >= 11 is 0. The summed E-state index contributed by atoms with van der Waals surface area (Å²) in [5.74, 6) is -2.65. The Labute approximate surface area is 125 Å². The maximum atomic E-state index is 11.8. The van der Waals surface area contributed by atoms with Gasteiger partial charge in [-0.3, -0.25) is 14.4 Å². The molecule has 0 fully saturated rings. The van der Waals surface area contributed by atoms with E-state index in [0.717, 1.165) is 5.69 Å². The first kappa shape index (κ1) is 15.2. The topological polar surface area (TPSA) is 146 Å². The number of benzene rings is 1. The number of nitrogens with two attached hydrogens (primary N) is 2. The fraction of sp³-hybridized carbons (Fsp3) is 0.154. The molecule has 1 heterocycles. The SMILES string of the molecule is NC(=O)C(NC(=O)Cc1cnn(-c2ccccc2)n1)C(N)=O. The van der Waals surface area contributed by atoms with Crippen LogP contribution in [0.1, 0.15) is 5.69 Å². The maximum Gasteiger partial charge on any atom is 0.249 e. The van der Waals surface area contributed by atoms with E-state index in [1.165, 1.54) is 11.0 Å². The number of para-hydroxylation sites is 1. The van der Waals surface area contributed by atoms with Crippen LogP contribution in [-0.4, -0.2) is 38.8 Å². The van der Waals surface area contributed by atoms with E-state index in [0.29, 0.717) is 5.69 Å². The van der Waals surface area contributed by atoms with E-state index in [9.17, 15) is 14.4 Å². The third kappa shape index (κ3) is 3.66. The minimum absolute atomic E-state index is 0.163. The van der Waals surface area contributed by atoms with Crippen LogP contribution < -0.4 is 16.8 Å². The molecular weight excluding hydrogens is 288 g/mol. The highest BCUT2D eigenvalue weighted by Gasteiger charge is 2.24. The van der Waals surface area contributed by atoms with Crippen LogP contribution >= 0.6 is 0 Å². The number of hydrogen-bond donors (Lipinski definition) is 3. The molecule has 0 aliphatic heterocycles. The Bertz CT molecular complexity index is 683. The summed E-state index contributed by atoms with van der Waals surface area (Å²) in [6, 6.07) is 7.58. The van der Waals surface area contributed by atoms with Crippen LogP contribution in [0.2, 0.25) is 0 Å². The number of primary amides is 2. The Morgan fingerprint density at radius 2 is 1.77 bits per heavy atom. The molecular formula is C13H14N6O3. The molecule has 0 saturated carbocycles. The Morgan fingerprint density at radius 3 is 2.36 bits per heavy atom. The number of nitrogens with zero attached hydrogens (tertiary/aromatic N) is 3. The molecule has 0 atom stereocenters. The summed E-state index contributed by atoms with van der Waals surface area (Å²) in [7, 11) is 0. The van der Waals surface area contributed by atoms with Gasteiger partial charge in [0.1, 0.15) is 0 Å². The van der Waals surface area contributed by atoms with Crippen LogP contribution in [0.3, 0.4) is 0 Å². The molecule has 1 aromatic heterocycles. The highest BCUT2D eigenvalue weighted by molar-refractivity contribution is 6.05. The minimum atomic E-state index is -1.54. The molecule has 0 aliphatic carbocycles. The van der Waals surface area contributed by atoms with Crippen LogP contribution in [0, 0.1) is 0 Å². The van der Waals surface area contributed by atoms with Crippen molar-refractivity contribution < 1.29 is 14.4 Å². The Balaban J connectivity index is 2.02. The number of nitrogens with one attached hydrogen (secondary N) is 1. The lowest BCUT2D eigenvalue weighted by Gasteiger charge is -2.10. The second kappa shape index (κ2) is 6.48. The maximum absolute atomic E-state index is 11.8. The largest absolute Gasteiger partial charge is 0.367 e. The first-order valence-electron chi connectivity index (χ1n) is 6.32. The standard InChI is InChI=1S/C13H14N6O3/c14-12(21)11(13(15)22)17-10(20)6-8-7-16-19(18-8)9-4-2-1-3-5-9/h1-5,7,11H,6H2,(H2,14,21)(H2,15,22)(H,17,20). The molecule has 0 bridgehead atoms. The molecule has 0 spiro atoms. The fourth-order valence-electron chi connectivity index (χ4n) is 1.72. The average Bonchev–Trinajstić information content (AvgIpc) is 2.93. The van der Waals surface area contributed by atoms with E-state index in [1.807, 2.05) is 18.2 Å². The van der Waals surface area contributed by atoms with E-state index >= 15 is 0 Å². The Morgan fingerprint density at radius 1 is 1.14 bits per heavy atom. The number of carbonyl (C=O) groups excluding carboxylic acids is 3. The molecule has 5 N–H and O–H groups in total. The summed E-state index contributed by atoms with van der Waals surface area (Å²) in [6.45, 7) is 0. The molecule has 0 radical (unpaired) electrons. The van der Waals surface area contributed by atoms with Crippen molar-refractivity contribution in [3.8, 4) is 5.69 Å². The van der Waals surface area contributed by atoms with Crippen molar-refractivity contribution in [2.45, 2.75) is 12.5 Å². The van der Waals surface area contributed by atoms with Gasteiger partial charge in [-0.2, -0.15) is 15.0 Å². The number of hydrogen-bond acceptors (Lipinski definition) is 5. The Kier molecular flexibility index (Phi) is 4.47. The van der Waals surface area contributed by atoms with Gasteiger partial charge in [-0.1, -0.05) is 18.2 Å². The van der Waals surface area contributed by atoms with Crippen LogP contribution in [0.25, 0.3) is 5.69 Å². The molecule has 3 amide bonds. The molecule has 114 valence electrons. The van der Waals surface area contributed by atoms with Gasteiger partial charge >= 0.3 is 0 Å². The summed E-state index contributed by atoms with van der Waals surface area (Å²) in [5, 5.41) is 10.3. The normalized spacial score (nSPS) is 10.4. The van der Waals surface area contributed by atoms with Crippen molar-refractivity contribution in [3.05, 3.63) is 42.2 Å². The lowest BCUT2D eigenvalue weighted by molar-refractivity contribution is -0.133. The van der Waals surface area contributed by atoms with Gasteiger partial charge in [0.15, 0.2) is 6.04 Å². The third-order valence-corrected chi connectivity index (χ3v) is 2.74. The first-order chi connectivity index (χ1) is 10.5. The number of carbonyl (C=O) groups is 3. The van der Waals surface area contributed by atoms with Gasteiger partial charge in [-0.15, -0.1) is 0 Å². The summed E-state index contributed by atoms with van der Waals surface area (Å²) in [5.41, 5.74) is 11.1. The van der Waals surface area contributed by atoms with Crippen LogP contribution in [0.15, 0.2) is 36.5 Å². The van der Waals surface area contributed by atoms with Gasteiger partial charge in [-0.25, -0.2) is 0 Å². The van der Waals surface area contributed by atoms with Gasteiger partial charge in [0.25, 0.3) is 0 Å². The van der Waals surface area contributed by atoms with Crippen LogP contribution in [0.5, 0.6) is 0 Å². The van der Waals surface area contributed by atoms with Crippen molar-refractivity contribution in [1.29, 1.82) is 0 Å². The van der Waals surface area contributed by atoms with E-state index in [2.05, 4.69) is 15.5 Å². The first-order valence-corrected chi connectivity index (χ1v) is 6.32. The lowest BCUT2D eigenvalue weighted by atomic mass is 10.2. The molecule has 9 heteroatoms. The third-order valence-electron chi connectivity index (χ3n) is 2.74. The smallest absolute Gasteiger partial charge is 0.249 e. The average molecular weight is 302 g/mol. The molecule has 22 heavy (non-hydrogen) atoms. The van der Waals surface area contributed by atoms with E-state index in [-0.39, 0.29) is 6.42 Å². The Hall–Kier alpha value is -3.23. The highest BCUT2D eigenvalue weighted by Crippen LogP contribution is 2.04. The second-order valence-electron chi connectivity index (χ2n) is 4.44. The van der Waals surface area contributed by atoms with Gasteiger partial charge in [0.05, 0.1) is 24.0 Å².